The average molecular weight is 204 g/mol. The van der Waals surface area contributed by atoms with Crippen LogP contribution in [0, 0.1) is 5.92 Å². The molecule has 1 aromatic rings. The molecule has 0 radical (unpaired) electrons. The number of hydrazine groups is 1. The Morgan fingerprint density at radius 3 is 2.33 bits per heavy atom. The van der Waals surface area contributed by atoms with Gasteiger partial charge in [0.15, 0.2) is 0 Å². The summed E-state index contributed by atoms with van der Waals surface area (Å²) >= 11 is 0. The van der Waals surface area contributed by atoms with Crippen molar-refractivity contribution in [3.05, 3.63) is 42.1 Å². The average Bonchev–Trinajstić information content (AvgIpc) is 2.18. The second-order valence-electron chi connectivity index (χ2n) is 4.15. The van der Waals surface area contributed by atoms with Crippen LogP contribution in [0.5, 0.6) is 0 Å². The highest BCUT2D eigenvalue weighted by molar-refractivity contribution is 5.48. The summed E-state index contributed by atoms with van der Waals surface area (Å²) in [6, 6.07) is 8.38. The summed E-state index contributed by atoms with van der Waals surface area (Å²) in [5, 5.41) is 1.62. The molecule has 0 heterocycles. The fraction of sp³-hybridized carbons (Fsp3) is 0.385. The minimum atomic E-state index is 0.695. The van der Waals surface area contributed by atoms with E-state index in [1.807, 2.05) is 19.2 Å². The standard InChI is InChI=1S/C13H20N2/c1-4-9-15(14)13-7-5-12(6-8-13)10-11(2)3/h4-9,11H,10,14H2,1-3H3/b9-4-. The molecule has 2 N–H and O–H groups in total. The van der Waals surface area contributed by atoms with E-state index in [4.69, 9.17) is 5.84 Å². The highest BCUT2D eigenvalue weighted by atomic mass is 15.4. The Kier molecular flexibility index (Phi) is 4.37. The van der Waals surface area contributed by atoms with Crippen LogP contribution in [0.3, 0.4) is 0 Å². The van der Waals surface area contributed by atoms with E-state index in [1.54, 1.807) is 5.01 Å². The van der Waals surface area contributed by atoms with Crippen molar-refractivity contribution in [2.24, 2.45) is 11.8 Å². The molecule has 0 saturated carbocycles. The van der Waals surface area contributed by atoms with E-state index >= 15 is 0 Å². The van der Waals surface area contributed by atoms with Crippen molar-refractivity contribution in [2.45, 2.75) is 27.2 Å². The van der Waals surface area contributed by atoms with E-state index in [0.29, 0.717) is 5.92 Å². The van der Waals surface area contributed by atoms with Crippen molar-refractivity contribution in [3.8, 4) is 0 Å². The van der Waals surface area contributed by atoms with Crippen LogP contribution in [-0.2, 0) is 6.42 Å². The number of anilines is 1. The van der Waals surface area contributed by atoms with Crippen LogP contribution < -0.4 is 10.9 Å². The first-order chi connectivity index (χ1) is 7.13. The van der Waals surface area contributed by atoms with Gasteiger partial charge in [-0.2, -0.15) is 0 Å². The number of nitrogens with zero attached hydrogens (tertiary/aromatic N) is 1. The van der Waals surface area contributed by atoms with Crippen LogP contribution in [0.15, 0.2) is 36.5 Å². The Balaban J connectivity index is 2.71. The quantitative estimate of drug-likeness (QED) is 0.603. The third-order valence-electron chi connectivity index (χ3n) is 2.19. The molecule has 0 spiro atoms. The van der Waals surface area contributed by atoms with Gasteiger partial charge in [0.2, 0.25) is 0 Å². The summed E-state index contributed by atoms with van der Waals surface area (Å²) in [7, 11) is 0. The topological polar surface area (TPSA) is 29.3 Å². The lowest BCUT2D eigenvalue weighted by Crippen LogP contribution is -2.23. The molecule has 0 bridgehead atoms. The summed E-state index contributed by atoms with van der Waals surface area (Å²) < 4.78 is 0. The van der Waals surface area contributed by atoms with Gasteiger partial charge in [0.1, 0.15) is 0 Å². The Labute approximate surface area is 92.4 Å². The minimum absolute atomic E-state index is 0.695. The van der Waals surface area contributed by atoms with E-state index in [9.17, 15) is 0 Å². The van der Waals surface area contributed by atoms with Crippen LogP contribution in [-0.4, -0.2) is 0 Å². The number of benzene rings is 1. The zero-order valence-electron chi connectivity index (χ0n) is 9.77. The molecule has 0 amide bonds. The normalized spacial score (nSPS) is 11.3. The van der Waals surface area contributed by atoms with Crippen molar-refractivity contribution in [2.75, 3.05) is 5.01 Å². The molecular weight excluding hydrogens is 184 g/mol. The fourth-order valence-corrected chi connectivity index (χ4v) is 1.52. The molecule has 82 valence electrons. The summed E-state index contributed by atoms with van der Waals surface area (Å²) in [6.45, 7) is 6.40. The van der Waals surface area contributed by atoms with Crippen LogP contribution in [0.1, 0.15) is 26.3 Å². The van der Waals surface area contributed by atoms with Crippen LogP contribution >= 0.6 is 0 Å². The first-order valence-corrected chi connectivity index (χ1v) is 5.39. The van der Waals surface area contributed by atoms with Gasteiger partial charge in [0.05, 0.1) is 5.69 Å². The lowest BCUT2D eigenvalue weighted by atomic mass is 10.0. The number of allylic oxidation sites excluding steroid dienone is 1. The highest BCUT2D eigenvalue weighted by Crippen LogP contribution is 2.15. The van der Waals surface area contributed by atoms with Gasteiger partial charge in [-0.15, -0.1) is 0 Å². The fourth-order valence-electron chi connectivity index (χ4n) is 1.52. The maximum atomic E-state index is 5.80. The number of hydrogen-bond acceptors (Lipinski definition) is 2. The molecule has 0 saturated heterocycles. The van der Waals surface area contributed by atoms with Gasteiger partial charge in [0.25, 0.3) is 0 Å². The second kappa shape index (κ2) is 5.56. The Morgan fingerprint density at radius 2 is 1.87 bits per heavy atom. The molecule has 2 heteroatoms. The third-order valence-corrected chi connectivity index (χ3v) is 2.19. The van der Waals surface area contributed by atoms with Gasteiger partial charge in [-0.25, -0.2) is 5.84 Å². The van der Waals surface area contributed by atoms with Gasteiger partial charge < -0.3 is 0 Å². The molecule has 0 unspecified atom stereocenters. The zero-order chi connectivity index (χ0) is 11.3. The first kappa shape index (κ1) is 11.8. The SMILES string of the molecule is C/C=C\N(N)c1ccc(CC(C)C)cc1. The number of hydrogen-bond donors (Lipinski definition) is 1. The predicted molar refractivity (Wildman–Crippen MR) is 66.5 cm³/mol. The summed E-state index contributed by atoms with van der Waals surface area (Å²) in [5.74, 6) is 6.50. The Morgan fingerprint density at radius 1 is 1.27 bits per heavy atom. The van der Waals surface area contributed by atoms with Crippen molar-refractivity contribution >= 4 is 5.69 Å². The molecule has 0 aromatic heterocycles. The molecule has 0 aliphatic carbocycles. The number of rotatable bonds is 4. The van der Waals surface area contributed by atoms with Gasteiger partial charge in [-0.05, 0) is 37.0 Å². The predicted octanol–water partition coefficient (Wildman–Crippen LogP) is 3.10. The molecule has 0 atom stereocenters. The van der Waals surface area contributed by atoms with Crippen molar-refractivity contribution in [1.29, 1.82) is 0 Å². The maximum absolute atomic E-state index is 5.80. The van der Waals surface area contributed by atoms with Gasteiger partial charge in [-0.1, -0.05) is 32.1 Å². The molecule has 0 fully saturated rings. The van der Waals surface area contributed by atoms with Crippen LogP contribution in [0.4, 0.5) is 5.69 Å². The lowest BCUT2D eigenvalue weighted by molar-refractivity contribution is 0.647. The smallest absolute Gasteiger partial charge is 0.0568 e. The van der Waals surface area contributed by atoms with Crippen molar-refractivity contribution in [3.63, 3.8) is 0 Å². The second-order valence-corrected chi connectivity index (χ2v) is 4.15. The molecule has 2 nitrogen and oxygen atoms in total. The minimum Gasteiger partial charge on any atom is -0.287 e. The first-order valence-electron chi connectivity index (χ1n) is 5.39. The molecule has 0 aliphatic heterocycles. The van der Waals surface area contributed by atoms with Crippen LogP contribution in [0.2, 0.25) is 0 Å². The largest absolute Gasteiger partial charge is 0.287 e. The number of nitrogens with two attached hydrogens (primary N) is 1. The van der Waals surface area contributed by atoms with Crippen molar-refractivity contribution < 1.29 is 0 Å². The monoisotopic (exact) mass is 204 g/mol. The van der Waals surface area contributed by atoms with E-state index in [-0.39, 0.29) is 0 Å². The summed E-state index contributed by atoms with van der Waals surface area (Å²) in [5.41, 5.74) is 2.38. The van der Waals surface area contributed by atoms with E-state index < -0.39 is 0 Å². The molecule has 1 aromatic carbocycles. The third kappa shape index (κ3) is 3.76. The summed E-state index contributed by atoms with van der Waals surface area (Å²) in [4.78, 5) is 0. The van der Waals surface area contributed by atoms with Gasteiger partial charge in [0, 0.05) is 6.20 Å². The van der Waals surface area contributed by atoms with Crippen LogP contribution in [0.25, 0.3) is 0 Å². The molecule has 1 rings (SSSR count). The van der Waals surface area contributed by atoms with Crippen molar-refractivity contribution in [1.82, 2.24) is 0 Å². The van der Waals surface area contributed by atoms with E-state index in [0.717, 1.165) is 12.1 Å². The Bertz CT molecular complexity index is 312. The van der Waals surface area contributed by atoms with E-state index in [1.165, 1.54) is 5.56 Å². The van der Waals surface area contributed by atoms with E-state index in [2.05, 4.69) is 38.1 Å². The molecule has 15 heavy (non-hydrogen) atoms. The molecule has 0 aliphatic rings. The van der Waals surface area contributed by atoms with Gasteiger partial charge >= 0.3 is 0 Å². The maximum Gasteiger partial charge on any atom is 0.0568 e. The lowest BCUT2D eigenvalue weighted by Gasteiger charge is -2.14. The highest BCUT2D eigenvalue weighted by Gasteiger charge is 1.99. The molecular formula is C13H20N2. The Hall–Kier alpha value is -1.28. The van der Waals surface area contributed by atoms with Gasteiger partial charge in [-0.3, -0.25) is 5.01 Å². The summed E-state index contributed by atoms with van der Waals surface area (Å²) in [6.07, 6.45) is 4.88. The zero-order valence-corrected chi connectivity index (χ0v) is 9.77.